The first-order chi connectivity index (χ1) is 7.70. The topological polar surface area (TPSA) is 27.0 Å². The average Bonchev–Trinajstić information content (AvgIpc) is 2.27. The lowest BCUT2D eigenvalue weighted by atomic mass is 10.1. The zero-order chi connectivity index (χ0) is 12.2. The number of hydrogen-bond donors (Lipinski definition) is 0. The molecule has 0 aromatic carbocycles. The Morgan fingerprint density at radius 3 is 2.19 bits per heavy atom. The summed E-state index contributed by atoms with van der Waals surface area (Å²) in [6.45, 7) is 6.29. The fraction of sp³-hybridized carbons (Fsp3) is 0.929. The first kappa shape index (κ1) is 15.4. The van der Waals surface area contributed by atoms with Crippen LogP contribution in [0.4, 0.5) is 0 Å². The van der Waals surface area contributed by atoms with Crippen LogP contribution < -0.4 is 0 Å². The third-order valence-electron chi connectivity index (χ3n) is 2.95. The monoisotopic (exact) mass is 224 g/mol. The summed E-state index contributed by atoms with van der Waals surface area (Å²) in [6, 6.07) is 2.28. The predicted molar refractivity (Wildman–Crippen MR) is 70.3 cm³/mol. The molecule has 16 heavy (non-hydrogen) atoms. The maximum absolute atomic E-state index is 8.70. The largest absolute Gasteiger partial charge is 0.305 e. The van der Waals surface area contributed by atoms with Crippen LogP contribution in [0.2, 0.25) is 0 Å². The lowest BCUT2D eigenvalue weighted by Gasteiger charge is -2.17. The zero-order valence-corrected chi connectivity index (χ0v) is 11.3. The summed E-state index contributed by atoms with van der Waals surface area (Å²) in [5.41, 5.74) is 0. The molecule has 0 aromatic heterocycles. The van der Waals surface area contributed by atoms with Crippen molar-refractivity contribution in [1.29, 1.82) is 5.26 Å². The molecule has 2 heteroatoms. The minimum atomic E-state index is 0.162. The lowest BCUT2D eigenvalue weighted by Crippen LogP contribution is -2.24. The summed E-state index contributed by atoms with van der Waals surface area (Å²) in [4.78, 5) is 2.28. The van der Waals surface area contributed by atoms with E-state index in [0.29, 0.717) is 0 Å². The molecule has 0 rings (SSSR count). The molecule has 0 spiro atoms. The fourth-order valence-electron chi connectivity index (χ4n) is 1.94. The van der Waals surface area contributed by atoms with Gasteiger partial charge in [-0.2, -0.15) is 5.26 Å². The van der Waals surface area contributed by atoms with Crippen LogP contribution in [0.5, 0.6) is 0 Å². The van der Waals surface area contributed by atoms with E-state index in [9.17, 15) is 0 Å². The summed E-state index contributed by atoms with van der Waals surface area (Å²) in [5.74, 6) is 0.162. The zero-order valence-electron chi connectivity index (χ0n) is 11.3. The van der Waals surface area contributed by atoms with Crippen molar-refractivity contribution in [2.75, 3.05) is 20.1 Å². The molecule has 0 aromatic rings. The Labute approximate surface area is 102 Å². The van der Waals surface area contributed by atoms with E-state index in [2.05, 4.69) is 24.9 Å². The molecular weight excluding hydrogens is 196 g/mol. The van der Waals surface area contributed by atoms with Crippen molar-refractivity contribution < 1.29 is 0 Å². The van der Waals surface area contributed by atoms with E-state index >= 15 is 0 Å². The maximum Gasteiger partial charge on any atom is 0.0666 e. The van der Waals surface area contributed by atoms with Gasteiger partial charge in [0.25, 0.3) is 0 Å². The van der Waals surface area contributed by atoms with Gasteiger partial charge in [0.05, 0.1) is 12.0 Å². The molecule has 0 aliphatic carbocycles. The van der Waals surface area contributed by atoms with Crippen LogP contribution in [0.1, 0.15) is 58.8 Å². The van der Waals surface area contributed by atoms with Crippen molar-refractivity contribution in [2.45, 2.75) is 58.8 Å². The van der Waals surface area contributed by atoms with Gasteiger partial charge in [-0.15, -0.1) is 0 Å². The van der Waals surface area contributed by atoms with Gasteiger partial charge in [0.15, 0.2) is 0 Å². The van der Waals surface area contributed by atoms with E-state index < -0.39 is 0 Å². The van der Waals surface area contributed by atoms with Crippen molar-refractivity contribution in [3.05, 3.63) is 0 Å². The second-order valence-corrected chi connectivity index (χ2v) is 4.91. The van der Waals surface area contributed by atoms with Gasteiger partial charge in [0.1, 0.15) is 0 Å². The molecule has 0 aliphatic rings. The Kier molecular flexibility index (Phi) is 10.6. The molecule has 0 aliphatic heterocycles. The molecule has 0 heterocycles. The van der Waals surface area contributed by atoms with Crippen molar-refractivity contribution in [3.8, 4) is 6.07 Å². The molecule has 94 valence electrons. The Morgan fingerprint density at radius 1 is 1.06 bits per heavy atom. The third kappa shape index (κ3) is 9.98. The van der Waals surface area contributed by atoms with E-state index in [0.717, 1.165) is 13.1 Å². The Bertz CT molecular complexity index is 184. The summed E-state index contributed by atoms with van der Waals surface area (Å²) in [7, 11) is 2.12. The Morgan fingerprint density at radius 2 is 1.62 bits per heavy atom. The highest BCUT2D eigenvalue weighted by molar-refractivity contribution is 4.80. The van der Waals surface area contributed by atoms with Gasteiger partial charge in [-0.05, 0) is 26.9 Å². The van der Waals surface area contributed by atoms with Gasteiger partial charge >= 0.3 is 0 Å². The molecule has 2 nitrogen and oxygen atoms in total. The van der Waals surface area contributed by atoms with Crippen molar-refractivity contribution in [2.24, 2.45) is 5.92 Å². The molecule has 0 fully saturated rings. The summed E-state index contributed by atoms with van der Waals surface area (Å²) >= 11 is 0. The van der Waals surface area contributed by atoms with Gasteiger partial charge in [0.2, 0.25) is 0 Å². The Balaban J connectivity index is 3.22. The lowest BCUT2D eigenvalue weighted by molar-refractivity contribution is 0.302. The van der Waals surface area contributed by atoms with Crippen LogP contribution >= 0.6 is 0 Å². The van der Waals surface area contributed by atoms with Crippen LogP contribution in [0.25, 0.3) is 0 Å². The van der Waals surface area contributed by atoms with Crippen LogP contribution in [0.3, 0.4) is 0 Å². The van der Waals surface area contributed by atoms with Crippen molar-refractivity contribution in [3.63, 3.8) is 0 Å². The van der Waals surface area contributed by atoms with Crippen molar-refractivity contribution in [1.82, 2.24) is 4.90 Å². The standard InChI is InChI=1S/C14H28N2/c1-4-5-6-7-8-9-10-11-16(3)13-14(2)12-15/h14H,4-11,13H2,1-3H3. The van der Waals surface area contributed by atoms with Gasteiger partial charge < -0.3 is 4.90 Å². The molecule has 0 amide bonds. The molecular formula is C14H28N2. The molecule has 0 N–H and O–H groups in total. The minimum absolute atomic E-state index is 0.162. The molecule has 1 atom stereocenters. The number of rotatable bonds is 10. The highest BCUT2D eigenvalue weighted by atomic mass is 15.1. The van der Waals surface area contributed by atoms with E-state index in [4.69, 9.17) is 5.26 Å². The highest BCUT2D eigenvalue weighted by Crippen LogP contribution is 2.07. The summed E-state index contributed by atoms with van der Waals surface area (Å²) < 4.78 is 0. The van der Waals surface area contributed by atoms with Gasteiger partial charge in [-0.25, -0.2) is 0 Å². The second kappa shape index (κ2) is 11.0. The van der Waals surface area contributed by atoms with E-state index in [1.54, 1.807) is 0 Å². The normalized spacial score (nSPS) is 12.7. The number of hydrogen-bond acceptors (Lipinski definition) is 2. The molecule has 0 radical (unpaired) electrons. The fourth-order valence-corrected chi connectivity index (χ4v) is 1.94. The first-order valence-electron chi connectivity index (χ1n) is 6.78. The summed E-state index contributed by atoms with van der Waals surface area (Å²) in [5, 5.41) is 8.70. The number of nitriles is 1. The Hall–Kier alpha value is -0.550. The summed E-state index contributed by atoms with van der Waals surface area (Å²) in [6.07, 6.45) is 9.51. The number of nitrogens with zero attached hydrogens (tertiary/aromatic N) is 2. The van der Waals surface area contributed by atoms with E-state index in [-0.39, 0.29) is 5.92 Å². The first-order valence-corrected chi connectivity index (χ1v) is 6.78. The second-order valence-electron chi connectivity index (χ2n) is 4.91. The molecule has 1 unspecified atom stereocenters. The predicted octanol–water partition coefficient (Wildman–Crippen LogP) is 3.83. The average molecular weight is 224 g/mol. The van der Waals surface area contributed by atoms with E-state index in [1.807, 2.05) is 6.92 Å². The maximum atomic E-state index is 8.70. The van der Waals surface area contributed by atoms with Crippen LogP contribution in [0.15, 0.2) is 0 Å². The SMILES string of the molecule is CCCCCCCCCN(C)CC(C)C#N. The highest BCUT2D eigenvalue weighted by Gasteiger charge is 2.04. The smallest absolute Gasteiger partial charge is 0.0666 e. The minimum Gasteiger partial charge on any atom is -0.305 e. The third-order valence-corrected chi connectivity index (χ3v) is 2.95. The van der Waals surface area contributed by atoms with Gasteiger partial charge in [-0.3, -0.25) is 0 Å². The molecule has 0 bridgehead atoms. The van der Waals surface area contributed by atoms with E-state index in [1.165, 1.54) is 44.9 Å². The number of unbranched alkanes of at least 4 members (excludes halogenated alkanes) is 6. The molecule has 0 saturated heterocycles. The van der Waals surface area contributed by atoms with Crippen LogP contribution in [-0.2, 0) is 0 Å². The van der Waals surface area contributed by atoms with Gasteiger partial charge in [0, 0.05) is 6.54 Å². The van der Waals surface area contributed by atoms with Crippen molar-refractivity contribution >= 4 is 0 Å². The molecule has 0 saturated carbocycles. The van der Waals surface area contributed by atoms with Crippen LogP contribution in [-0.4, -0.2) is 25.0 Å². The van der Waals surface area contributed by atoms with Gasteiger partial charge in [-0.1, -0.05) is 45.4 Å². The van der Waals surface area contributed by atoms with Crippen LogP contribution in [0, 0.1) is 17.2 Å². The quantitative estimate of drug-likeness (QED) is 0.527.